The van der Waals surface area contributed by atoms with Gasteiger partial charge in [-0.25, -0.2) is 4.68 Å². The van der Waals surface area contributed by atoms with Gasteiger partial charge in [0, 0.05) is 17.7 Å². The van der Waals surface area contributed by atoms with Gasteiger partial charge in [0.1, 0.15) is 6.04 Å². The molecule has 1 atom stereocenters. The number of hydrogen-bond acceptors (Lipinski definition) is 7. The number of benzene rings is 1. The van der Waals surface area contributed by atoms with Crippen LogP contribution in [0.3, 0.4) is 0 Å². The highest BCUT2D eigenvalue weighted by atomic mass is 16.5. The number of carbonyl (C=O) groups is 1. The number of furan rings is 1. The summed E-state index contributed by atoms with van der Waals surface area (Å²) in [5, 5.41) is 8.00. The molecule has 5 rings (SSSR count). The summed E-state index contributed by atoms with van der Waals surface area (Å²) in [6, 6.07) is 8.94. The van der Waals surface area contributed by atoms with E-state index in [1.165, 1.54) is 0 Å². The van der Waals surface area contributed by atoms with Crippen LogP contribution in [0, 0.1) is 0 Å². The van der Waals surface area contributed by atoms with Gasteiger partial charge in [0.2, 0.25) is 11.8 Å². The number of ether oxygens (including phenoxy) is 2. The lowest BCUT2D eigenvalue weighted by Gasteiger charge is -2.32. The van der Waals surface area contributed by atoms with E-state index in [1.54, 1.807) is 24.1 Å². The zero-order valence-electron chi connectivity index (χ0n) is 16.8. The second-order valence-corrected chi connectivity index (χ2v) is 7.22. The van der Waals surface area contributed by atoms with E-state index in [9.17, 15) is 4.79 Å². The summed E-state index contributed by atoms with van der Waals surface area (Å²) in [6.07, 6.45) is 3.74. The number of allylic oxidation sites excluding steroid dienone is 2. The van der Waals surface area contributed by atoms with Gasteiger partial charge >= 0.3 is 0 Å². The Morgan fingerprint density at radius 1 is 1.27 bits per heavy atom. The number of fused-ring (bicyclic) bond motifs is 1. The van der Waals surface area contributed by atoms with E-state index >= 15 is 0 Å². The summed E-state index contributed by atoms with van der Waals surface area (Å²) in [6.45, 7) is 2.46. The zero-order valence-corrected chi connectivity index (χ0v) is 16.8. The van der Waals surface area contributed by atoms with Crippen molar-refractivity contribution in [2.75, 3.05) is 19.0 Å². The lowest BCUT2D eigenvalue weighted by Crippen LogP contribution is -2.31. The first-order chi connectivity index (χ1) is 14.7. The van der Waals surface area contributed by atoms with Crippen LogP contribution >= 0.6 is 0 Å². The van der Waals surface area contributed by atoms with Crippen LogP contribution in [0.5, 0.6) is 11.5 Å². The molecule has 30 heavy (non-hydrogen) atoms. The first kappa shape index (κ1) is 18.5. The third kappa shape index (κ3) is 2.96. The molecule has 0 fully saturated rings. The van der Waals surface area contributed by atoms with Crippen LogP contribution in [-0.4, -0.2) is 34.3 Å². The maximum absolute atomic E-state index is 12.9. The van der Waals surface area contributed by atoms with E-state index < -0.39 is 6.04 Å². The van der Waals surface area contributed by atoms with Crippen molar-refractivity contribution in [2.45, 2.75) is 32.2 Å². The molecule has 1 unspecified atom stereocenters. The van der Waals surface area contributed by atoms with E-state index in [4.69, 9.17) is 13.9 Å². The summed E-state index contributed by atoms with van der Waals surface area (Å²) < 4.78 is 18.4. The van der Waals surface area contributed by atoms with E-state index in [0.29, 0.717) is 42.1 Å². The van der Waals surface area contributed by atoms with Crippen molar-refractivity contribution < 1.29 is 18.7 Å². The Morgan fingerprint density at radius 2 is 2.17 bits per heavy atom. The largest absolute Gasteiger partial charge is 0.493 e. The van der Waals surface area contributed by atoms with Crippen LogP contribution in [0.4, 0.5) is 5.95 Å². The Balaban J connectivity index is 1.66. The molecule has 1 N–H and O–H groups in total. The van der Waals surface area contributed by atoms with Crippen LogP contribution in [0.2, 0.25) is 0 Å². The molecule has 1 aromatic carbocycles. The lowest BCUT2D eigenvalue weighted by molar-refractivity contribution is -0.116. The Morgan fingerprint density at radius 3 is 2.93 bits per heavy atom. The average molecular weight is 406 g/mol. The Hall–Kier alpha value is -3.55. The number of ketones is 1. The number of rotatable bonds is 5. The number of hydrogen-bond donors (Lipinski definition) is 1. The summed E-state index contributed by atoms with van der Waals surface area (Å²) in [7, 11) is 1.61. The number of anilines is 1. The molecule has 2 aromatic heterocycles. The van der Waals surface area contributed by atoms with E-state index in [-0.39, 0.29) is 5.78 Å². The highest BCUT2D eigenvalue weighted by molar-refractivity contribution is 5.99. The SMILES string of the molecule is CCOc1ccc(C2C3=C(CCCC3=O)Nc3nc(-c4ccco4)nn32)cc1OC. The van der Waals surface area contributed by atoms with Crippen molar-refractivity contribution in [3.05, 3.63) is 53.4 Å². The Bertz CT molecular complexity index is 1130. The van der Waals surface area contributed by atoms with Gasteiger partial charge in [0.25, 0.3) is 0 Å². The normalized spacial score (nSPS) is 17.9. The van der Waals surface area contributed by atoms with E-state index in [0.717, 1.165) is 29.7 Å². The van der Waals surface area contributed by atoms with Gasteiger partial charge in [-0.05, 0) is 49.6 Å². The fourth-order valence-electron chi connectivity index (χ4n) is 4.10. The van der Waals surface area contributed by atoms with Crippen molar-refractivity contribution >= 4 is 11.7 Å². The fourth-order valence-corrected chi connectivity index (χ4v) is 4.10. The molecule has 0 saturated carbocycles. The van der Waals surface area contributed by atoms with Crippen molar-refractivity contribution in [2.24, 2.45) is 0 Å². The second-order valence-electron chi connectivity index (χ2n) is 7.22. The maximum atomic E-state index is 12.9. The van der Waals surface area contributed by atoms with Crippen molar-refractivity contribution in [3.8, 4) is 23.1 Å². The average Bonchev–Trinajstić information content (AvgIpc) is 3.42. The smallest absolute Gasteiger partial charge is 0.227 e. The van der Waals surface area contributed by atoms with Crippen LogP contribution < -0.4 is 14.8 Å². The first-order valence-electron chi connectivity index (χ1n) is 10.0. The molecule has 1 aliphatic carbocycles. The molecule has 0 amide bonds. The van der Waals surface area contributed by atoms with Gasteiger partial charge in [-0.2, -0.15) is 4.98 Å². The highest BCUT2D eigenvalue weighted by Gasteiger charge is 2.37. The summed E-state index contributed by atoms with van der Waals surface area (Å²) >= 11 is 0. The predicted octanol–water partition coefficient (Wildman–Crippen LogP) is 3.97. The number of Topliss-reactive ketones (excluding diaryl/α,β-unsaturated/α-hetero) is 1. The van der Waals surface area contributed by atoms with Gasteiger partial charge in [0.05, 0.1) is 20.0 Å². The summed E-state index contributed by atoms with van der Waals surface area (Å²) in [5.74, 6) is 3.04. The molecule has 3 aromatic rings. The van der Waals surface area contributed by atoms with Gasteiger partial charge in [-0.15, -0.1) is 5.10 Å². The first-order valence-corrected chi connectivity index (χ1v) is 10.0. The van der Waals surface area contributed by atoms with Crippen LogP contribution in [0.1, 0.15) is 37.8 Å². The Labute approximate surface area is 173 Å². The minimum Gasteiger partial charge on any atom is -0.493 e. The second kappa shape index (κ2) is 7.37. The molecule has 1 aliphatic heterocycles. The third-order valence-corrected chi connectivity index (χ3v) is 5.41. The predicted molar refractivity (Wildman–Crippen MR) is 110 cm³/mol. The van der Waals surface area contributed by atoms with Crippen molar-refractivity contribution in [3.63, 3.8) is 0 Å². The molecule has 0 saturated heterocycles. The van der Waals surface area contributed by atoms with Crippen molar-refractivity contribution in [1.29, 1.82) is 0 Å². The summed E-state index contributed by atoms with van der Waals surface area (Å²) in [4.78, 5) is 17.6. The molecule has 0 spiro atoms. The van der Waals surface area contributed by atoms with Crippen LogP contribution in [-0.2, 0) is 4.79 Å². The molecule has 0 radical (unpaired) electrons. The topological polar surface area (TPSA) is 91.4 Å². The Kier molecular flexibility index (Phi) is 4.54. The number of nitrogens with zero attached hydrogens (tertiary/aromatic N) is 3. The molecule has 154 valence electrons. The van der Waals surface area contributed by atoms with Gasteiger partial charge < -0.3 is 19.2 Å². The van der Waals surface area contributed by atoms with E-state index in [2.05, 4.69) is 15.4 Å². The molecular formula is C22H22N4O4. The molecule has 2 aliphatic rings. The molecular weight excluding hydrogens is 384 g/mol. The fraction of sp³-hybridized carbons (Fsp3) is 0.318. The standard InChI is InChI=1S/C22H22N4O4/c1-3-29-16-10-9-13(12-18(16)28-2)20-19-14(6-4-7-15(19)27)23-22-24-21(25-26(20)22)17-8-5-11-30-17/h5,8-12,20H,3-4,6-7H2,1-2H3,(H,23,24,25). The zero-order chi connectivity index (χ0) is 20.7. The molecule has 3 heterocycles. The molecule has 8 nitrogen and oxygen atoms in total. The number of carbonyl (C=O) groups excluding carboxylic acids is 1. The van der Waals surface area contributed by atoms with E-state index in [1.807, 2.05) is 31.2 Å². The van der Waals surface area contributed by atoms with Gasteiger partial charge in [0.15, 0.2) is 23.0 Å². The number of aromatic nitrogens is 3. The lowest BCUT2D eigenvalue weighted by atomic mass is 9.85. The van der Waals surface area contributed by atoms with Crippen LogP contribution in [0.25, 0.3) is 11.6 Å². The quantitative estimate of drug-likeness (QED) is 0.685. The monoisotopic (exact) mass is 406 g/mol. The number of methoxy groups -OCH3 is 1. The van der Waals surface area contributed by atoms with Gasteiger partial charge in [-0.1, -0.05) is 6.07 Å². The third-order valence-electron chi connectivity index (χ3n) is 5.41. The minimum absolute atomic E-state index is 0.127. The number of nitrogens with one attached hydrogen (secondary N) is 1. The van der Waals surface area contributed by atoms with Crippen molar-refractivity contribution in [1.82, 2.24) is 14.8 Å². The van der Waals surface area contributed by atoms with Crippen LogP contribution in [0.15, 0.2) is 52.3 Å². The molecule has 0 bridgehead atoms. The maximum Gasteiger partial charge on any atom is 0.227 e. The highest BCUT2D eigenvalue weighted by Crippen LogP contribution is 2.42. The summed E-state index contributed by atoms with van der Waals surface area (Å²) in [5.41, 5.74) is 2.53. The molecule has 8 heteroatoms. The van der Waals surface area contributed by atoms with Gasteiger partial charge in [-0.3, -0.25) is 4.79 Å². The minimum atomic E-state index is -0.398.